The van der Waals surface area contributed by atoms with Crippen LogP contribution in [-0.2, 0) is 6.54 Å². The molecule has 0 amide bonds. The summed E-state index contributed by atoms with van der Waals surface area (Å²) < 4.78 is 15.3. The zero-order chi connectivity index (χ0) is 14.9. The van der Waals surface area contributed by atoms with Crippen molar-refractivity contribution in [3.63, 3.8) is 0 Å². The maximum Gasteiger partial charge on any atom is 0.261 e. The molecule has 2 N–H and O–H groups in total. The minimum atomic E-state index is -0.332. The third-order valence-electron chi connectivity index (χ3n) is 3.00. The van der Waals surface area contributed by atoms with E-state index in [0.29, 0.717) is 16.6 Å². The van der Waals surface area contributed by atoms with E-state index in [4.69, 9.17) is 18.0 Å². The molecule has 0 radical (unpaired) electrons. The van der Waals surface area contributed by atoms with Crippen molar-refractivity contribution in [2.75, 3.05) is 0 Å². The molecule has 3 nitrogen and oxygen atoms in total. The van der Waals surface area contributed by atoms with Crippen LogP contribution in [0.25, 0.3) is 0 Å². The highest BCUT2D eigenvalue weighted by atomic mass is 79.9. The van der Waals surface area contributed by atoms with Crippen LogP contribution < -0.4 is 11.3 Å². The highest BCUT2D eigenvalue weighted by molar-refractivity contribution is 9.10. The molecule has 0 aliphatic rings. The Balaban J connectivity index is 2.51. The van der Waals surface area contributed by atoms with E-state index in [1.165, 1.54) is 12.1 Å². The number of rotatable bonds is 3. The first-order valence-electron chi connectivity index (χ1n) is 5.84. The molecule has 1 aromatic carbocycles. The minimum Gasteiger partial charge on any atom is -0.389 e. The molecule has 0 aliphatic carbocycles. The summed E-state index contributed by atoms with van der Waals surface area (Å²) in [5.74, 6) is -0.332. The maximum atomic E-state index is 13.1. The Labute approximate surface area is 129 Å². The summed E-state index contributed by atoms with van der Waals surface area (Å²) in [6.07, 6.45) is 0. The molecule has 1 heterocycles. The Hall–Kier alpha value is -1.53. The summed E-state index contributed by atoms with van der Waals surface area (Å²) in [5.41, 5.74) is 7.19. The van der Waals surface area contributed by atoms with Gasteiger partial charge in [-0.25, -0.2) is 4.39 Å². The van der Waals surface area contributed by atoms with E-state index >= 15 is 0 Å². The SMILES string of the molecule is Cc1ccc(C(N)=S)c(=O)n1Cc1ccc(F)cc1Br. The van der Waals surface area contributed by atoms with Crippen molar-refractivity contribution in [3.8, 4) is 0 Å². The fourth-order valence-electron chi connectivity index (χ4n) is 1.88. The van der Waals surface area contributed by atoms with Crippen molar-refractivity contribution in [1.82, 2.24) is 4.57 Å². The van der Waals surface area contributed by atoms with Gasteiger partial charge in [0.2, 0.25) is 0 Å². The highest BCUT2D eigenvalue weighted by Gasteiger charge is 2.10. The molecule has 0 aliphatic heterocycles. The van der Waals surface area contributed by atoms with Crippen LogP contribution in [0.4, 0.5) is 4.39 Å². The number of nitrogens with two attached hydrogens (primary N) is 1. The molecular formula is C14H12BrFN2OS. The van der Waals surface area contributed by atoms with Crippen molar-refractivity contribution in [1.29, 1.82) is 0 Å². The normalized spacial score (nSPS) is 10.6. The first kappa shape index (κ1) is 14.9. The molecule has 0 saturated heterocycles. The van der Waals surface area contributed by atoms with Crippen molar-refractivity contribution in [3.05, 3.63) is 67.8 Å². The van der Waals surface area contributed by atoms with Crippen LogP contribution >= 0.6 is 28.1 Å². The van der Waals surface area contributed by atoms with Gasteiger partial charge in [-0.3, -0.25) is 4.79 Å². The van der Waals surface area contributed by atoms with E-state index in [2.05, 4.69) is 15.9 Å². The van der Waals surface area contributed by atoms with Gasteiger partial charge in [-0.2, -0.15) is 0 Å². The number of benzene rings is 1. The van der Waals surface area contributed by atoms with Gasteiger partial charge in [-0.15, -0.1) is 0 Å². The fraction of sp³-hybridized carbons (Fsp3) is 0.143. The van der Waals surface area contributed by atoms with Crippen molar-refractivity contribution < 1.29 is 4.39 Å². The Bertz CT molecular complexity index is 742. The number of hydrogen-bond acceptors (Lipinski definition) is 2. The number of nitrogens with zero attached hydrogens (tertiary/aromatic N) is 1. The average Bonchev–Trinajstić information content (AvgIpc) is 2.36. The zero-order valence-electron chi connectivity index (χ0n) is 10.7. The van der Waals surface area contributed by atoms with Gasteiger partial charge in [0.05, 0.1) is 12.1 Å². The Morgan fingerprint density at radius 2 is 2.10 bits per heavy atom. The standard InChI is InChI=1S/C14H12BrFN2OS/c1-8-2-5-11(13(17)20)14(19)18(8)7-9-3-4-10(16)6-12(9)15/h2-6H,7H2,1H3,(H2,17,20). The molecule has 0 saturated carbocycles. The Morgan fingerprint density at radius 3 is 2.70 bits per heavy atom. The van der Waals surface area contributed by atoms with Crippen LogP contribution in [0, 0.1) is 12.7 Å². The van der Waals surface area contributed by atoms with Crippen molar-refractivity contribution in [2.24, 2.45) is 5.73 Å². The van der Waals surface area contributed by atoms with E-state index in [0.717, 1.165) is 11.3 Å². The molecule has 0 unspecified atom stereocenters. The predicted molar refractivity (Wildman–Crippen MR) is 84.5 cm³/mol. The molecule has 0 bridgehead atoms. The van der Waals surface area contributed by atoms with E-state index < -0.39 is 0 Å². The lowest BCUT2D eigenvalue weighted by Crippen LogP contribution is -2.30. The van der Waals surface area contributed by atoms with Gasteiger partial charge in [0, 0.05) is 10.2 Å². The molecule has 2 rings (SSSR count). The quantitative estimate of drug-likeness (QED) is 0.862. The fourth-order valence-corrected chi connectivity index (χ4v) is 2.51. The number of pyridine rings is 1. The number of hydrogen-bond donors (Lipinski definition) is 1. The predicted octanol–water partition coefficient (Wildman–Crippen LogP) is 2.74. The van der Waals surface area contributed by atoms with E-state index in [-0.39, 0.29) is 16.4 Å². The second-order valence-electron chi connectivity index (χ2n) is 4.38. The average molecular weight is 355 g/mol. The first-order valence-corrected chi connectivity index (χ1v) is 7.04. The molecule has 0 spiro atoms. The summed E-state index contributed by atoms with van der Waals surface area (Å²) in [7, 11) is 0. The molecular weight excluding hydrogens is 343 g/mol. The second kappa shape index (κ2) is 5.85. The van der Waals surface area contributed by atoms with Gasteiger partial charge in [0.1, 0.15) is 10.8 Å². The highest BCUT2D eigenvalue weighted by Crippen LogP contribution is 2.19. The summed E-state index contributed by atoms with van der Waals surface area (Å²) >= 11 is 8.16. The molecule has 6 heteroatoms. The summed E-state index contributed by atoms with van der Waals surface area (Å²) in [6, 6.07) is 7.77. The summed E-state index contributed by atoms with van der Waals surface area (Å²) in [4.78, 5) is 12.4. The lowest BCUT2D eigenvalue weighted by molar-refractivity contribution is 0.624. The molecule has 1 aromatic heterocycles. The maximum absolute atomic E-state index is 13.1. The molecule has 0 fully saturated rings. The molecule has 0 atom stereocenters. The van der Waals surface area contributed by atoms with E-state index in [9.17, 15) is 9.18 Å². The number of aromatic nitrogens is 1. The number of halogens is 2. The second-order valence-corrected chi connectivity index (χ2v) is 5.67. The lowest BCUT2D eigenvalue weighted by atomic mass is 10.2. The van der Waals surface area contributed by atoms with Gasteiger partial charge in [0.25, 0.3) is 5.56 Å². The number of aryl methyl sites for hydroxylation is 1. The van der Waals surface area contributed by atoms with Crippen LogP contribution in [0.15, 0.2) is 39.6 Å². The summed E-state index contributed by atoms with van der Waals surface area (Å²) in [5, 5.41) is 0. The van der Waals surface area contributed by atoms with Crippen LogP contribution in [0.2, 0.25) is 0 Å². The largest absolute Gasteiger partial charge is 0.389 e. The van der Waals surface area contributed by atoms with Crippen LogP contribution in [0.3, 0.4) is 0 Å². The third kappa shape index (κ3) is 2.96. The van der Waals surface area contributed by atoms with Gasteiger partial charge in [-0.05, 0) is 36.8 Å². The van der Waals surface area contributed by atoms with Gasteiger partial charge in [0.15, 0.2) is 0 Å². The van der Waals surface area contributed by atoms with Gasteiger partial charge >= 0.3 is 0 Å². The molecule has 20 heavy (non-hydrogen) atoms. The Kier molecular flexibility index (Phi) is 4.35. The van der Waals surface area contributed by atoms with Gasteiger partial charge < -0.3 is 10.3 Å². The third-order valence-corrected chi connectivity index (χ3v) is 3.96. The van der Waals surface area contributed by atoms with Crippen molar-refractivity contribution >= 4 is 33.1 Å². The topological polar surface area (TPSA) is 48.0 Å². The van der Waals surface area contributed by atoms with Crippen LogP contribution in [0.5, 0.6) is 0 Å². The first-order chi connectivity index (χ1) is 9.40. The molecule has 2 aromatic rings. The monoisotopic (exact) mass is 354 g/mol. The number of thiocarbonyl (C=S) groups is 1. The van der Waals surface area contributed by atoms with E-state index in [1.54, 1.807) is 22.8 Å². The summed E-state index contributed by atoms with van der Waals surface area (Å²) in [6.45, 7) is 2.14. The van der Waals surface area contributed by atoms with Crippen LogP contribution in [0.1, 0.15) is 16.8 Å². The molecule has 104 valence electrons. The van der Waals surface area contributed by atoms with Crippen molar-refractivity contribution in [2.45, 2.75) is 13.5 Å². The smallest absolute Gasteiger partial charge is 0.261 e. The Morgan fingerprint density at radius 1 is 1.40 bits per heavy atom. The van der Waals surface area contributed by atoms with Crippen LogP contribution in [-0.4, -0.2) is 9.56 Å². The zero-order valence-corrected chi connectivity index (χ0v) is 13.1. The van der Waals surface area contributed by atoms with E-state index in [1.807, 2.05) is 6.92 Å². The minimum absolute atomic E-state index is 0.0712. The van der Waals surface area contributed by atoms with Gasteiger partial charge in [-0.1, -0.05) is 34.2 Å². The lowest BCUT2D eigenvalue weighted by Gasteiger charge is -2.13.